The summed E-state index contributed by atoms with van der Waals surface area (Å²) < 4.78 is 1.65. The second-order valence-electron chi connectivity index (χ2n) is 8.81. The van der Waals surface area contributed by atoms with Crippen LogP contribution < -0.4 is 4.90 Å². The average molecular weight is 445 g/mol. The van der Waals surface area contributed by atoms with E-state index in [1.807, 2.05) is 41.0 Å². The predicted octanol–water partition coefficient (Wildman–Crippen LogP) is 2.52. The maximum Gasteiger partial charge on any atom is 0.244 e. The van der Waals surface area contributed by atoms with Gasteiger partial charge in [-0.2, -0.15) is 5.10 Å². The maximum atomic E-state index is 12.8. The fourth-order valence-electron chi connectivity index (χ4n) is 4.74. The fourth-order valence-corrected chi connectivity index (χ4v) is 4.74. The van der Waals surface area contributed by atoms with Crippen molar-refractivity contribution in [3.05, 3.63) is 71.4 Å². The molecule has 33 heavy (non-hydrogen) atoms. The molecule has 0 bridgehead atoms. The first kappa shape index (κ1) is 21.3. The van der Waals surface area contributed by atoms with Crippen LogP contribution in [-0.4, -0.2) is 56.1 Å². The number of anilines is 1. The third-order valence-corrected chi connectivity index (χ3v) is 6.56. The number of amides is 2. The van der Waals surface area contributed by atoms with Gasteiger partial charge in [-0.15, -0.1) is 0 Å². The number of hydrogen-bond acceptors (Lipinski definition) is 5. The monoisotopic (exact) mass is 444 g/mol. The zero-order chi connectivity index (χ0) is 22.8. The first-order valence-corrected chi connectivity index (χ1v) is 11.6. The van der Waals surface area contributed by atoms with Crippen molar-refractivity contribution in [1.29, 1.82) is 0 Å². The molecule has 1 aromatic carbocycles. The summed E-state index contributed by atoms with van der Waals surface area (Å²) >= 11 is 0. The van der Waals surface area contributed by atoms with Gasteiger partial charge in [0.25, 0.3) is 0 Å². The van der Waals surface area contributed by atoms with Gasteiger partial charge in [-0.05, 0) is 37.8 Å². The number of rotatable bonds is 6. The highest BCUT2D eigenvalue weighted by Gasteiger charge is 2.33. The molecule has 0 spiro atoms. The largest absolute Gasteiger partial charge is 0.340 e. The summed E-state index contributed by atoms with van der Waals surface area (Å²) in [7, 11) is 0. The molecule has 1 fully saturated rings. The van der Waals surface area contributed by atoms with Crippen LogP contribution in [0.5, 0.6) is 0 Å². The van der Waals surface area contributed by atoms with Crippen molar-refractivity contribution in [2.75, 3.05) is 24.5 Å². The minimum Gasteiger partial charge on any atom is -0.340 e. The summed E-state index contributed by atoms with van der Waals surface area (Å²) in [5, 5.41) is 4.14. The van der Waals surface area contributed by atoms with Gasteiger partial charge < -0.3 is 4.90 Å². The SMILES string of the molecule is Cc1nc([C@@H]2CCCN(C(=O)Cn3cccn3)C2)nc2c1CC(=O)N2CCc1ccccc1. The molecule has 1 atom stereocenters. The molecule has 0 saturated carbocycles. The van der Waals surface area contributed by atoms with E-state index in [1.54, 1.807) is 17.1 Å². The van der Waals surface area contributed by atoms with Gasteiger partial charge in [0.15, 0.2) is 0 Å². The highest BCUT2D eigenvalue weighted by Crippen LogP contribution is 2.33. The Labute approximate surface area is 193 Å². The van der Waals surface area contributed by atoms with Crippen molar-refractivity contribution < 1.29 is 9.59 Å². The molecule has 4 heterocycles. The van der Waals surface area contributed by atoms with Crippen LogP contribution in [0.2, 0.25) is 0 Å². The van der Waals surface area contributed by atoms with Gasteiger partial charge in [0, 0.05) is 49.2 Å². The van der Waals surface area contributed by atoms with Crippen LogP contribution in [0.3, 0.4) is 0 Å². The smallest absolute Gasteiger partial charge is 0.244 e. The molecule has 0 aliphatic carbocycles. The summed E-state index contributed by atoms with van der Waals surface area (Å²) in [6.07, 6.45) is 6.46. The number of likely N-dealkylation sites (tertiary alicyclic amines) is 1. The van der Waals surface area contributed by atoms with Gasteiger partial charge in [0.2, 0.25) is 11.8 Å². The highest BCUT2D eigenvalue weighted by molar-refractivity contribution is 6.00. The first-order valence-electron chi connectivity index (χ1n) is 11.6. The van der Waals surface area contributed by atoms with Gasteiger partial charge in [-0.3, -0.25) is 19.2 Å². The van der Waals surface area contributed by atoms with Gasteiger partial charge in [-0.1, -0.05) is 30.3 Å². The molecule has 2 aliphatic heterocycles. The maximum absolute atomic E-state index is 12.8. The molecule has 170 valence electrons. The van der Waals surface area contributed by atoms with Gasteiger partial charge in [0.1, 0.15) is 18.2 Å². The third kappa shape index (κ3) is 4.51. The Kier molecular flexibility index (Phi) is 5.90. The van der Waals surface area contributed by atoms with Crippen LogP contribution in [-0.2, 0) is 29.0 Å². The number of carbonyl (C=O) groups is 2. The molecule has 0 N–H and O–H groups in total. The Morgan fingerprint density at radius 3 is 2.79 bits per heavy atom. The number of carbonyl (C=O) groups excluding carboxylic acids is 2. The van der Waals surface area contributed by atoms with Crippen LogP contribution in [0.25, 0.3) is 0 Å². The summed E-state index contributed by atoms with van der Waals surface area (Å²) in [5.74, 6) is 1.69. The summed E-state index contributed by atoms with van der Waals surface area (Å²) in [5.41, 5.74) is 2.99. The molecule has 2 aromatic heterocycles. The lowest BCUT2D eigenvalue weighted by molar-refractivity contribution is -0.133. The van der Waals surface area contributed by atoms with E-state index in [2.05, 4.69) is 17.2 Å². The van der Waals surface area contributed by atoms with Crippen LogP contribution in [0.1, 0.15) is 41.4 Å². The molecule has 3 aromatic rings. The van der Waals surface area contributed by atoms with E-state index in [4.69, 9.17) is 9.97 Å². The Balaban J connectivity index is 1.33. The third-order valence-electron chi connectivity index (χ3n) is 6.56. The number of fused-ring (bicyclic) bond motifs is 1. The first-order chi connectivity index (χ1) is 16.1. The summed E-state index contributed by atoms with van der Waals surface area (Å²) in [4.78, 5) is 38.9. The van der Waals surface area contributed by atoms with E-state index in [9.17, 15) is 9.59 Å². The Hall–Kier alpha value is -3.55. The molecule has 5 rings (SSSR count). The van der Waals surface area contributed by atoms with Crippen LogP contribution >= 0.6 is 0 Å². The Morgan fingerprint density at radius 2 is 2.00 bits per heavy atom. The topological polar surface area (TPSA) is 84.2 Å². The van der Waals surface area contributed by atoms with E-state index >= 15 is 0 Å². The van der Waals surface area contributed by atoms with E-state index in [0.29, 0.717) is 19.5 Å². The normalized spacial score (nSPS) is 18.0. The number of benzene rings is 1. The minimum atomic E-state index is 0.0564. The molecular weight excluding hydrogens is 416 g/mol. The standard InChI is InChI=1S/C25H28N6O2/c1-18-21-15-22(32)31(14-10-19-7-3-2-4-8-19)25(21)28-24(27-18)20-9-5-12-29(16-20)23(33)17-30-13-6-11-26-30/h2-4,6-8,11,13,20H,5,9-10,12,14-17H2,1H3/t20-/m1/s1. The average Bonchev–Trinajstić information content (AvgIpc) is 3.46. The van der Waals surface area contributed by atoms with E-state index in [0.717, 1.165) is 48.7 Å². The number of hydrogen-bond donors (Lipinski definition) is 0. The molecule has 2 amide bonds. The summed E-state index contributed by atoms with van der Waals surface area (Å²) in [6.45, 7) is 4.14. The molecule has 8 heteroatoms. The zero-order valence-electron chi connectivity index (χ0n) is 18.9. The number of aryl methyl sites for hydroxylation is 1. The van der Waals surface area contributed by atoms with Crippen molar-refractivity contribution in [2.45, 2.75) is 45.1 Å². The molecule has 8 nitrogen and oxygen atoms in total. The van der Waals surface area contributed by atoms with Crippen molar-refractivity contribution in [3.8, 4) is 0 Å². The highest BCUT2D eigenvalue weighted by atomic mass is 16.2. The van der Waals surface area contributed by atoms with Crippen LogP contribution in [0, 0.1) is 6.92 Å². The van der Waals surface area contributed by atoms with Crippen molar-refractivity contribution in [3.63, 3.8) is 0 Å². The minimum absolute atomic E-state index is 0.0564. The van der Waals surface area contributed by atoms with Crippen molar-refractivity contribution >= 4 is 17.6 Å². The fraction of sp³-hybridized carbons (Fsp3) is 0.400. The summed E-state index contributed by atoms with van der Waals surface area (Å²) in [6, 6.07) is 12.0. The quantitative estimate of drug-likeness (QED) is 0.583. The Morgan fingerprint density at radius 1 is 1.15 bits per heavy atom. The van der Waals surface area contributed by atoms with Gasteiger partial charge in [0.05, 0.1) is 6.42 Å². The van der Waals surface area contributed by atoms with E-state index in [1.165, 1.54) is 5.56 Å². The number of nitrogens with zero attached hydrogens (tertiary/aromatic N) is 6. The lowest BCUT2D eigenvalue weighted by Gasteiger charge is -2.32. The number of aromatic nitrogens is 4. The van der Waals surface area contributed by atoms with E-state index < -0.39 is 0 Å². The van der Waals surface area contributed by atoms with Crippen molar-refractivity contribution in [1.82, 2.24) is 24.6 Å². The molecule has 1 saturated heterocycles. The lowest BCUT2D eigenvalue weighted by atomic mass is 9.96. The molecule has 0 radical (unpaired) electrons. The van der Waals surface area contributed by atoms with Gasteiger partial charge in [-0.25, -0.2) is 9.97 Å². The van der Waals surface area contributed by atoms with Crippen LogP contribution in [0.4, 0.5) is 5.82 Å². The Bertz CT molecular complexity index is 1150. The van der Waals surface area contributed by atoms with Gasteiger partial charge >= 0.3 is 0 Å². The zero-order valence-corrected chi connectivity index (χ0v) is 18.9. The van der Waals surface area contributed by atoms with Crippen molar-refractivity contribution in [2.24, 2.45) is 0 Å². The second-order valence-corrected chi connectivity index (χ2v) is 8.81. The number of piperidine rings is 1. The predicted molar refractivity (Wildman–Crippen MR) is 124 cm³/mol. The molecular formula is C25H28N6O2. The molecule has 2 aliphatic rings. The molecule has 0 unspecified atom stereocenters. The second kappa shape index (κ2) is 9.13. The van der Waals surface area contributed by atoms with Crippen LogP contribution in [0.15, 0.2) is 48.8 Å². The lowest BCUT2D eigenvalue weighted by Crippen LogP contribution is -2.41. The van der Waals surface area contributed by atoms with E-state index in [-0.39, 0.29) is 24.3 Å².